The third kappa shape index (κ3) is 5.13. The van der Waals surface area contributed by atoms with Crippen LogP contribution in [0, 0.1) is 0 Å². The molecule has 0 saturated heterocycles. The van der Waals surface area contributed by atoms with E-state index in [9.17, 15) is 14.7 Å². The highest BCUT2D eigenvalue weighted by molar-refractivity contribution is 9.10. The van der Waals surface area contributed by atoms with Crippen LogP contribution in [0.4, 0.5) is 0 Å². The maximum atomic E-state index is 13.5. The Morgan fingerprint density at radius 3 is 2.72 bits per heavy atom. The van der Waals surface area contributed by atoms with E-state index in [1.54, 1.807) is 43.3 Å². The third-order valence-corrected chi connectivity index (χ3v) is 7.25. The van der Waals surface area contributed by atoms with E-state index in [1.807, 2.05) is 24.3 Å². The van der Waals surface area contributed by atoms with Crippen molar-refractivity contribution >= 4 is 61.6 Å². The van der Waals surface area contributed by atoms with Crippen LogP contribution < -0.4 is 15.0 Å². The Hall–Kier alpha value is -4.15. The molecule has 3 aromatic carbocycles. The number of carbonyl (C=O) groups is 1. The Morgan fingerprint density at radius 2 is 1.97 bits per heavy atom. The quantitative estimate of drug-likeness (QED) is 0.203. The first-order chi connectivity index (χ1) is 18.8. The normalized spacial score (nSPS) is 12.3. The van der Waals surface area contributed by atoms with E-state index < -0.39 is 17.6 Å². The van der Waals surface area contributed by atoms with Gasteiger partial charge in [-0.2, -0.15) is 9.78 Å². The van der Waals surface area contributed by atoms with Gasteiger partial charge in [0.05, 0.1) is 23.7 Å². The molecule has 39 heavy (non-hydrogen) atoms. The Labute approximate surface area is 235 Å². The number of hydrogen-bond acceptors (Lipinski definition) is 7. The van der Waals surface area contributed by atoms with Crippen LogP contribution >= 0.6 is 27.5 Å². The molecule has 0 bridgehead atoms. The predicted octanol–water partition coefficient (Wildman–Crippen LogP) is 6.36. The van der Waals surface area contributed by atoms with Gasteiger partial charge in [-0.3, -0.25) is 4.79 Å². The fraction of sp³-hybridized carbons (Fsp3) is 0.143. The summed E-state index contributed by atoms with van der Waals surface area (Å²) in [6, 6.07) is 17.8. The Bertz CT molecular complexity index is 1780. The summed E-state index contributed by atoms with van der Waals surface area (Å²) in [4.78, 5) is 29.6. The maximum Gasteiger partial charge on any atom is 0.344 e. The summed E-state index contributed by atoms with van der Waals surface area (Å²) >= 11 is 9.98. The van der Waals surface area contributed by atoms with Crippen molar-refractivity contribution in [1.29, 1.82) is 0 Å². The van der Waals surface area contributed by atoms with Crippen molar-refractivity contribution in [2.24, 2.45) is 5.10 Å². The van der Waals surface area contributed by atoms with E-state index in [2.05, 4.69) is 26.0 Å². The van der Waals surface area contributed by atoms with Gasteiger partial charge in [-0.25, -0.2) is 9.78 Å². The molecule has 0 fully saturated rings. The Balaban J connectivity index is 1.66. The number of halogens is 2. The minimum atomic E-state index is -1.17. The van der Waals surface area contributed by atoms with Crippen LogP contribution in [0.25, 0.3) is 33.5 Å². The minimum Gasteiger partial charge on any atom is -0.490 e. The lowest BCUT2D eigenvalue weighted by molar-refractivity contribution is -0.144. The van der Waals surface area contributed by atoms with Crippen molar-refractivity contribution in [2.45, 2.75) is 20.0 Å². The molecule has 0 radical (unpaired) electrons. The molecule has 0 saturated carbocycles. The zero-order valence-electron chi connectivity index (χ0n) is 20.7. The van der Waals surface area contributed by atoms with Crippen molar-refractivity contribution in [3.05, 3.63) is 86.1 Å². The fourth-order valence-electron chi connectivity index (χ4n) is 3.90. The average molecular weight is 611 g/mol. The van der Waals surface area contributed by atoms with Crippen molar-refractivity contribution < 1.29 is 23.8 Å². The summed E-state index contributed by atoms with van der Waals surface area (Å²) in [5.74, 6) is -0.272. The highest BCUT2D eigenvalue weighted by atomic mass is 79.9. The summed E-state index contributed by atoms with van der Waals surface area (Å²) < 4.78 is 18.8. The third-order valence-electron chi connectivity index (χ3n) is 5.81. The second kappa shape index (κ2) is 10.9. The molecule has 0 aliphatic carbocycles. The molecule has 1 N–H and O–H groups in total. The summed E-state index contributed by atoms with van der Waals surface area (Å²) in [7, 11) is 0. The van der Waals surface area contributed by atoms with Crippen LogP contribution in [-0.4, -0.2) is 39.7 Å². The lowest BCUT2D eigenvalue weighted by Gasteiger charge is -2.18. The summed E-state index contributed by atoms with van der Waals surface area (Å²) in [6.07, 6.45) is 0.258. The zero-order valence-corrected chi connectivity index (χ0v) is 23.1. The standard InChI is InChI=1S/C28H21BrClN3O6/c1-3-37-21-13-17(23(29)24(30)25(21)38-15(2)28(35)36)14-31-33-26(22-12-16-8-4-7-11-20(16)39-22)32-19-10-6-5-9-18(19)27(33)34/h4-15H,3H2,1-2H3,(H,35,36)/t15-/m1/s1. The summed E-state index contributed by atoms with van der Waals surface area (Å²) in [5, 5.41) is 15.1. The summed E-state index contributed by atoms with van der Waals surface area (Å²) in [6.45, 7) is 3.43. The number of rotatable bonds is 8. The van der Waals surface area contributed by atoms with Gasteiger partial charge < -0.3 is 19.0 Å². The molecule has 11 heteroatoms. The highest BCUT2D eigenvalue weighted by Gasteiger charge is 2.23. The van der Waals surface area contributed by atoms with Crippen molar-refractivity contribution in [1.82, 2.24) is 9.66 Å². The van der Waals surface area contributed by atoms with Crippen LogP contribution in [0.1, 0.15) is 19.4 Å². The first-order valence-electron chi connectivity index (χ1n) is 11.9. The first-order valence-corrected chi connectivity index (χ1v) is 13.0. The number of para-hydroxylation sites is 2. The summed E-state index contributed by atoms with van der Waals surface area (Å²) in [5.41, 5.74) is 1.21. The number of nitrogens with zero attached hydrogens (tertiary/aromatic N) is 3. The number of furan rings is 1. The zero-order chi connectivity index (χ0) is 27.7. The Kier molecular flexibility index (Phi) is 7.40. The molecule has 198 valence electrons. The molecule has 0 unspecified atom stereocenters. The van der Waals surface area contributed by atoms with Gasteiger partial charge in [-0.15, -0.1) is 0 Å². The van der Waals surface area contributed by atoms with E-state index in [1.165, 1.54) is 13.1 Å². The van der Waals surface area contributed by atoms with E-state index in [0.29, 0.717) is 32.3 Å². The lowest BCUT2D eigenvalue weighted by Crippen LogP contribution is -2.23. The van der Waals surface area contributed by atoms with Crippen molar-refractivity contribution in [2.75, 3.05) is 6.61 Å². The molecule has 5 aromatic rings. The molecule has 1 atom stereocenters. The number of benzene rings is 3. The van der Waals surface area contributed by atoms with Gasteiger partial charge in [0.25, 0.3) is 5.56 Å². The average Bonchev–Trinajstić information content (AvgIpc) is 3.37. The molecule has 0 spiro atoms. The van der Waals surface area contributed by atoms with Gasteiger partial charge in [0.15, 0.2) is 23.4 Å². The Morgan fingerprint density at radius 1 is 1.23 bits per heavy atom. The molecule has 0 aliphatic heterocycles. The van der Waals surface area contributed by atoms with Crippen LogP contribution in [0.5, 0.6) is 11.5 Å². The number of hydrogen-bond donors (Lipinski definition) is 1. The number of aliphatic carboxylic acids is 1. The van der Waals surface area contributed by atoms with E-state index in [0.717, 1.165) is 10.1 Å². The molecule has 5 rings (SSSR count). The fourth-order valence-corrected chi connectivity index (χ4v) is 4.54. The second-order valence-corrected chi connectivity index (χ2v) is 9.59. The highest BCUT2D eigenvalue weighted by Crippen LogP contribution is 2.43. The molecule has 2 aromatic heterocycles. The van der Waals surface area contributed by atoms with Crippen LogP contribution in [0.15, 0.2) is 79.4 Å². The van der Waals surface area contributed by atoms with Gasteiger partial charge in [0.1, 0.15) is 10.6 Å². The molecule has 9 nitrogen and oxygen atoms in total. The van der Waals surface area contributed by atoms with Gasteiger partial charge in [-0.1, -0.05) is 41.9 Å². The molecule has 0 amide bonds. The molecular formula is C28H21BrClN3O6. The van der Waals surface area contributed by atoms with E-state index >= 15 is 0 Å². The van der Waals surface area contributed by atoms with Gasteiger partial charge in [0, 0.05) is 15.4 Å². The van der Waals surface area contributed by atoms with E-state index in [-0.39, 0.29) is 29.0 Å². The molecule has 0 aliphatic rings. The number of aromatic nitrogens is 2. The van der Waals surface area contributed by atoms with Gasteiger partial charge in [-0.05, 0) is 60.1 Å². The second-order valence-electron chi connectivity index (χ2n) is 8.41. The number of fused-ring (bicyclic) bond motifs is 2. The van der Waals surface area contributed by atoms with Gasteiger partial charge in [0.2, 0.25) is 5.82 Å². The number of ether oxygens (including phenoxy) is 2. The number of carboxylic acids is 1. The van der Waals surface area contributed by atoms with Crippen LogP contribution in [0.3, 0.4) is 0 Å². The smallest absolute Gasteiger partial charge is 0.344 e. The lowest BCUT2D eigenvalue weighted by atomic mass is 10.2. The molecule has 2 heterocycles. The topological polar surface area (TPSA) is 116 Å². The van der Waals surface area contributed by atoms with E-state index in [4.69, 9.17) is 25.5 Å². The van der Waals surface area contributed by atoms with Gasteiger partial charge >= 0.3 is 5.97 Å². The maximum absolute atomic E-state index is 13.5. The monoisotopic (exact) mass is 609 g/mol. The first kappa shape index (κ1) is 26.5. The largest absolute Gasteiger partial charge is 0.490 e. The van der Waals surface area contributed by atoms with Crippen LogP contribution in [0.2, 0.25) is 5.02 Å². The van der Waals surface area contributed by atoms with Crippen LogP contribution in [-0.2, 0) is 4.79 Å². The predicted molar refractivity (Wildman–Crippen MR) is 152 cm³/mol. The van der Waals surface area contributed by atoms with Crippen molar-refractivity contribution in [3.8, 4) is 23.1 Å². The number of carboxylic acid groups (broad SMARTS) is 1. The minimum absolute atomic E-state index is 0.0740. The SMILES string of the molecule is CCOc1cc(C=Nn2c(-c3cc4ccccc4o3)nc3ccccc3c2=O)c(Br)c(Cl)c1O[C@H](C)C(=O)O. The molecular weight excluding hydrogens is 590 g/mol. The van der Waals surface area contributed by atoms with Crippen molar-refractivity contribution in [3.63, 3.8) is 0 Å².